The van der Waals surface area contributed by atoms with E-state index in [1.165, 1.54) is 23.1 Å². The van der Waals surface area contributed by atoms with E-state index >= 15 is 0 Å². The van der Waals surface area contributed by atoms with Crippen LogP contribution in [-0.4, -0.2) is 39.7 Å². The van der Waals surface area contributed by atoms with E-state index in [9.17, 15) is 25.0 Å². The maximum atomic E-state index is 12.6. The van der Waals surface area contributed by atoms with Gasteiger partial charge in [-0.2, -0.15) is 0 Å². The summed E-state index contributed by atoms with van der Waals surface area (Å²) in [6, 6.07) is 7.06. The second kappa shape index (κ2) is 5.82. The number of carbonyl (C=O) groups is 1. The molecule has 0 N–H and O–H groups in total. The first-order chi connectivity index (χ1) is 11.8. The zero-order valence-corrected chi connectivity index (χ0v) is 13.3. The van der Waals surface area contributed by atoms with E-state index in [1.54, 1.807) is 31.1 Å². The number of pyridine rings is 1. The Morgan fingerprint density at radius 2 is 1.60 bits per heavy atom. The number of carbonyl (C=O) groups excluding carboxylic acids is 1. The number of fused-ring (bicyclic) bond motifs is 1. The number of non-ortho nitro benzene ring substituents is 1. The lowest BCUT2D eigenvalue weighted by atomic mass is 10.0. The molecule has 0 fully saturated rings. The first-order valence-corrected chi connectivity index (χ1v) is 7.20. The van der Waals surface area contributed by atoms with E-state index in [1.807, 2.05) is 0 Å². The molecule has 0 bridgehead atoms. The number of rotatable bonds is 3. The molecule has 3 rings (SSSR count). The topological polar surface area (TPSA) is 123 Å². The number of amides is 1. The van der Waals surface area contributed by atoms with Crippen molar-refractivity contribution in [2.75, 3.05) is 19.0 Å². The molecule has 2 heterocycles. The molecule has 1 aromatic carbocycles. The van der Waals surface area contributed by atoms with Crippen molar-refractivity contribution in [3.8, 4) is 0 Å². The standard InChI is InChI=1S/C15H13N5O5/c1-17-13-12(7-11(8-16-13)20(24)25)15(21)18(2)14(17)9-3-5-10(6-4-9)19(22)23/h3-8,14H,1-2H3. The van der Waals surface area contributed by atoms with Crippen molar-refractivity contribution in [3.63, 3.8) is 0 Å². The molecule has 128 valence electrons. The number of hydrogen-bond acceptors (Lipinski definition) is 7. The molecule has 2 aromatic rings. The average Bonchev–Trinajstić information content (AvgIpc) is 2.60. The fourth-order valence-corrected chi connectivity index (χ4v) is 2.88. The highest BCUT2D eigenvalue weighted by molar-refractivity contribution is 6.01. The van der Waals surface area contributed by atoms with E-state index < -0.39 is 21.9 Å². The summed E-state index contributed by atoms with van der Waals surface area (Å²) in [5.41, 5.74) is 0.486. The summed E-state index contributed by atoms with van der Waals surface area (Å²) >= 11 is 0. The van der Waals surface area contributed by atoms with Crippen LogP contribution in [0.4, 0.5) is 17.2 Å². The third-order valence-corrected chi connectivity index (χ3v) is 4.08. The predicted octanol–water partition coefficient (Wildman–Crippen LogP) is 2.12. The first kappa shape index (κ1) is 16.3. The van der Waals surface area contributed by atoms with Gasteiger partial charge >= 0.3 is 0 Å². The molecule has 10 heteroatoms. The highest BCUT2D eigenvalue weighted by Crippen LogP contribution is 2.36. The quantitative estimate of drug-likeness (QED) is 0.617. The zero-order chi connectivity index (χ0) is 18.3. The normalized spacial score (nSPS) is 16.6. The molecule has 0 saturated carbocycles. The van der Waals surface area contributed by atoms with E-state index in [2.05, 4.69) is 4.98 Å². The van der Waals surface area contributed by atoms with Crippen molar-refractivity contribution < 1.29 is 14.6 Å². The fourth-order valence-electron chi connectivity index (χ4n) is 2.88. The lowest BCUT2D eigenvalue weighted by molar-refractivity contribution is -0.385. The highest BCUT2D eigenvalue weighted by atomic mass is 16.6. The molecular formula is C15H13N5O5. The summed E-state index contributed by atoms with van der Waals surface area (Å²) in [6.07, 6.45) is 0.565. The van der Waals surface area contributed by atoms with Gasteiger partial charge in [-0.15, -0.1) is 0 Å². The Balaban J connectivity index is 2.04. The van der Waals surface area contributed by atoms with Crippen molar-refractivity contribution in [2.24, 2.45) is 0 Å². The summed E-state index contributed by atoms with van der Waals surface area (Å²) in [6.45, 7) is 0. The molecule has 1 atom stereocenters. The molecule has 25 heavy (non-hydrogen) atoms. The summed E-state index contributed by atoms with van der Waals surface area (Å²) in [4.78, 5) is 40.4. The lowest BCUT2D eigenvalue weighted by Gasteiger charge is -2.41. The van der Waals surface area contributed by atoms with Crippen LogP contribution in [0.5, 0.6) is 0 Å². The Bertz CT molecular complexity index is 882. The molecule has 1 amide bonds. The Morgan fingerprint density at radius 1 is 1.00 bits per heavy atom. The third kappa shape index (κ3) is 2.63. The van der Waals surface area contributed by atoms with E-state index in [4.69, 9.17) is 0 Å². The predicted molar refractivity (Wildman–Crippen MR) is 87.2 cm³/mol. The minimum atomic E-state index is -0.608. The molecule has 0 aliphatic carbocycles. The van der Waals surface area contributed by atoms with Crippen LogP contribution < -0.4 is 4.90 Å². The molecule has 1 aliphatic heterocycles. The van der Waals surface area contributed by atoms with Crippen molar-refractivity contribution in [2.45, 2.75) is 6.17 Å². The molecule has 0 saturated heterocycles. The minimum absolute atomic E-state index is 0.0506. The molecule has 1 unspecified atom stereocenters. The molecule has 0 spiro atoms. The second-order valence-corrected chi connectivity index (χ2v) is 5.57. The van der Waals surface area contributed by atoms with Crippen LogP contribution in [0.25, 0.3) is 0 Å². The van der Waals surface area contributed by atoms with Gasteiger partial charge in [0, 0.05) is 32.3 Å². The monoisotopic (exact) mass is 343 g/mol. The smallest absolute Gasteiger partial charge is 0.288 e. The molecular weight excluding hydrogens is 330 g/mol. The van der Waals surface area contributed by atoms with Crippen LogP contribution >= 0.6 is 0 Å². The third-order valence-electron chi connectivity index (χ3n) is 4.08. The summed E-state index contributed by atoms with van der Waals surface area (Å²) in [5, 5.41) is 21.7. The Labute approximate surface area is 141 Å². The van der Waals surface area contributed by atoms with Crippen LogP contribution in [0.15, 0.2) is 36.5 Å². The largest absolute Gasteiger partial charge is 0.335 e. The lowest BCUT2D eigenvalue weighted by Crippen LogP contribution is -2.46. The van der Waals surface area contributed by atoms with Gasteiger partial charge in [0.25, 0.3) is 17.3 Å². The van der Waals surface area contributed by atoms with Crippen LogP contribution in [0.2, 0.25) is 0 Å². The van der Waals surface area contributed by atoms with E-state index in [0.29, 0.717) is 11.4 Å². The zero-order valence-electron chi connectivity index (χ0n) is 13.3. The average molecular weight is 343 g/mol. The van der Waals surface area contributed by atoms with Crippen molar-refractivity contribution in [1.82, 2.24) is 9.88 Å². The summed E-state index contributed by atoms with van der Waals surface area (Å²) in [5.74, 6) is -0.0929. The van der Waals surface area contributed by atoms with E-state index in [-0.39, 0.29) is 16.9 Å². The van der Waals surface area contributed by atoms with Gasteiger partial charge in [0.15, 0.2) is 0 Å². The van der Waals surface area contributed by atoms with Crippen LogP contribution in [-0.2, 0) is 0 Å². The van der Waals surface area contributed by atoms with Crippen LogP contribution in [0.3, 0.4) is 0 Å². The van der Waals surface area contributed by atoms with Crippen molar-refractivity contribution >= 4 is 23.1 Å². The van der Waals surface area contributed by atoms with Gasteiger partial charge in [0.1, 0.15) is 18.2 Å². The highest BCUT2D eigenvalue weighted by Gasteiger charge is 2.36. The summed E-state index contributed by atoms with van der Waals surface area (Å²) < 4.78 is 0. The number of nitro groups is 2. The number of benzene rings is 1. The van der Waals surface area contributed by atoms with Crippen molar-refractivity contribution in [3.05, 3.63) is 67.9 Å². The van der Waals surface area contributed by atoms with E-state index in [0.717, 1.165) is 6.20 Å². The molecule has 1 aromatic heterocycles. The SMILES string of the molecule is CN1C(=O)c2cc([N+](=O)[O-])cnc2N(C)C1c1ccc([N+](=O)[O-])cc1. The number of hydrogen-bond donors (Lipinski definition) is 0. The van der Waals surface area contributed by atoms with Gasteiger partial charge in [-0.1, -0.05) is 0 Å². The van der Waals surface area contributed by atoms with Crippen LogP contribution in [0.1, 0.15) is 22.1 Å². The number of anilines is 1. The second-order valence-electron chi connectivity index (χ2n) is 5.57. The molecule has 10 nitrogen and oxygen atoms in total. The number of aromatic nitrogens is 1. The maximum absolute atomic E-state index is 12.6. The van der Waals surface area contributed by atoms with Gasteiger partial charge in [0.2, 0.25) is 0 Å². The summed E-state index contributed by atoms with van der Waals surface area (Å²) in [7, 11) is 3.26. The van der Waals surface area contributed by atoms with Gasteiger partial charge < -0.3 is 9.80 Å². The van der Waals surface area contributed by atoms with Crippen molar-refractivity contribution in [1.29, 1.82) is 0 Å². The number of nitro benzene ring substituents is 1. The first-order valence-electron chi connectivity index (χ1n) is 7.20. The van der Waals surface area contributed by atoms with Crippen LogP contribution in [0, 0.1) is 20.2 Å². The fraction of sp³-hybridized carbons (Fsp3) is 0.200. The Hall–Kier alpha value is -3.56. The Kier molecular flexibility index (Phi) is 3.79. The Morgan fingerprint density at radius 3 is 2.16 bits per heavy atom. The van der Waals surface area contributed by atoms with Gasteiger partial charge in [-0.3, -0.25) is 25.0 Å². The van der Waals surface area contributed by atoms with Gasteiger partial charge in [0.05, 0.1) is 15.4 Å². The van der Waals surface area contributed by atoms with Gasteiger partial charge in [-0.05, 0) is 17.7 Å². The molecule has 0 radical (unpaired) electrons. The maximum Gasteiger partial charge on any atom is 0.288 e. The molecule has 1 aliphatic rings. The van der Waals surface area contributed by atoms with Gasteiger partial charge in [-0.25, -0.2) is 4.98 Å². The number of nitrogens with zero attached hydrogens (tertiary/aromatic N) is 5. The minimum Gasteiger partial charge on any atom is -0.335 e.